The average Bonchev–Trinajstić information content (AvgIpc) is 3.25. The SMILES string of the molecule is O=C(NCCCCCCNC(=O)NS(=O)(=O)[C@H]1CCS(=O)(=O)C1)NS(=O)(=O)[C@@H]1CCS(=O)(=O)C1. The highest BCUT2D eigenvalue weighted by atomic mass is 32.2. The third-order valence-corrected chi connectivity index (χ3v) is 12.9. The highest BCUT2D eigenvalue weighted by molar-refractivity contribution is 7.96. The topological polar surface area (TPSA) is 219 Å². The summed E-state index contributed by atoms with van der Waals surface area (Å²) in [5, 5.41) is 2.48. The summed E-state index contributed by atoms with van der Waals surface area (Å²) >= 11 is 0. The van der Waals surface area contributed by atoms with Crippen LogP contribution in [0, 0.1) is 0 Å². The van der Waals surface area contributed by atoms with Crippen molar-refractivity contribution < 1.29 is 43.3 Å². The van der Waals surface area contributed by atoms with Crippen LogP contribution in [0.1, 0.15) is 38.5 Å². The van der Waals surface area contributed by atoms with Gasteiger partial charge in [-0.05, 0) is 25.7 Å². The zero-order chi connectivity index (χ0) is 25.6. The molecule has 2 atom stereocenters. The van der Waals surface area contributed by atoms with E-state index in [1.165, 1.54) is 0 Å². The van der Waals surface area contributed by atoms with E-state index in [9.17, 15) is 43.3 Å². The Hall–Kier alpha value is -1.66. The summed E-state index contributed by atoms with van der Waals surface area (Å²) in [6, 6.07) is -1.86. The molecule has 34 heavy (non-hydrogen) atoms. The van der Waals surface area contributed by atoms with Gasteiger partial charge in [-0.2, -0.15) is 0 Å². The Morgan fingerprint density at radius 1 is 0.647 bits per heavy atom. The maximum absolute atomic E-state index is 12.0. The van der Waals surface area contributed by atoms with Gasteiger partial charge < -0.3 is 10.6 Å². The highest BCUT2D eigenvalue weighted by Crippen LogP contribution is 2.18. The number of hydrogen-bond acceptors (Lipinski definition) is 10. The van der Waals surface area contributed by atoms with E-state index >= 15 is 0 Å². The second kappa shape index (κ2) is 11.4. The Balaban J connectivity index is 1.54. The van der Waals surface area contributed by atoms with E-state index in [0.29, 0.717) is 25.7 Å². The van der Waals surface area contributed by atoms with Crippen LogP contribution in [0.4, 0.5) is 9.59 Å². The van der Waals surface area contributed by atoms with Gasteiger partial charge in [0, 0.05) is 13.1 Å². The Bertz CT molecular complexity index is 1090. The van der Waals surface area contributed by atoms with Crippen LogP contribution >= 0.6 is 0 Å². The molecule has 0 aliphatic carbocycles. The van der Waals surface area contributed by atoms with Crippen molar-refractivity contribution in [3.63, 3.8) is 0 Å². The van der Waals surface area contributed by atoms with Crippen molar-refractivity contribution in [1.29, 1.82) is 0 Å². The van der Waals surface area contributed by atoms with E-state index < -0.39 is 73.8 Å². The molecule has 2 aliphatic rings. The first-order valence-electron chi connectivity index (χ1n) is 10.6. The van der Waals surface area contributed by atoms with Gasteiger partial charge in [0.15, 0.2) is 19.7 Å². The van der Waals surface area contributed by atoms with Gasteiger partial charge in [-0.3, -0.25) is 0 Å². The molecule has 0 aromatic carbocycles. The lowest BCUT2D eigenvalue weighted by Crippen LogP contribution is -2.44. The predicted octanol–water partition coefficient (Wildman–Crippen LogP) is -1.82. The zero-order valence-corrected chi connectivity index (χ0v) is 21.6. The number of urea groups is 2. The van der Waals surface area contributed by atoms with Crippen LogP contribution in [-0.2, 0) is 39.7 Å². The maximum Gasteiger partial charge on any atom is 0.328 e. The van der Waals surface area contributed by atoms with Crippen LogP contribution in [0.5, 0.6) is 0 Å². The first-order chi connectivity index (χ1) is 15.6. The third kappa shape index (κ3) is 9.18. The Morgan fingerprint density at radius 3 is 1.29 bits per heavy atom. The van der Waals surface area contributed by atoms with Gasteiger partial charge in [0.2, 0.25) is 20.0 Å². The summed E-state index contributed by atoms with van der Waals surface area (Å²) < 4.78 is 97.4. The van der Waals surface area contributed by atoms with Crippen LogP contribution in [-0.4, -0.2) is 92.3 Å². The van der Waals surface area contributed by atoms with Crippen molar-refractivity contribution in [2.24, 2.45) is 0 Å². The molecular weight excluding hydrogens is 536 g/mol. The molecule has 2 fully saturated rings. The molecule has 0 spiro atoms. The number of unbranched alkanes of at least 4 members (excludes halogenated alkanes) is 3. The molecule has 2 rings (SSSR count). The van der Waals surface area contributed by atoms with Crippen LogP contribution < -0.4 is 20.1 Å². The fourth-order valence-corrected chi connectivity index (χ4v) is 11.4. The van der Waals surface area contributed by atoms with Gasteiger partial charge in [0.1, 0.15) is 0 Å². The van der Waals surface area contributed by atoms with E-state index in [1.807, 2.05) is 9.44 Å². The van der Waals surface area contributed by atoms with Crippen molar-refractivity contribution >= 4 is 51.8 Å². The Labute approximate surface area is 199 Å². The molecule has 198 valence electrons. The number of nitrogens with one attached hydrogen (secondary N) is 4. The molecule has 0 aromatic rings. The number of amides is 4. The molecule has 0 radical (unpaired) electrons. The van der Waals surface area contributed by atoms with E-state index in [0.717, 1.165) is 0 Å². The van der Waals surface area contributed by atoms with Gasteiger partial charge >= 0.3 is 12.1 Å². The van der Waals surface area contributed by atoms with Crippen molar-refractivity contribution in [2.75, 3.05) is 36.1 Å². The molecule has 4 N–H and O–H groups in total. The molecule has 4 amide bonds. The van der Waals surface area contributed by atoms with Crippen molar-refractivity contribution in [1.82, 2.24) is 20.1 Å². The summed E-state index contributed by atoms with van der Waals surface area (Å²) in [6.07, 6.45) is 2.20. The first-order valence-corrected chi connectivity index (χ1v) is 17.4. The lowest BCUT2D eigenvalue weighted by atomic mass is 10.2. The second-order valence-corrected chi connectivity index (χ2v) is 16.6. The molecule has 2 aliphatic heterocycles. The standard InChI is InChI=1S/C16H30N4O10S4/c21-15(19-33(27,28)13-5-9-31(23,24)11-13)17-7-3-1-2-4-8-18-16(22)20-34(29,30)14-6-10-32(25,26)12-14/h13-14H,1-12H2,(H2,17,19,21)(H2,18,20,22)/t13-,14+. The number of hydrogen-bond donors (Lipinski definition) is 4. The number of carbonyl (C=O) groups is 2. The lowest BCUT2D eigenvalue weighted by Gasteiger charge is -2.12. The minimum atomic E-state index is -4.08. The number of sulfonamides is 2. The van der Waals surface area contributed by atoms with E-state index in [-0.39, 0.29) is 37.4 Å². The fraction of sp³-hybridized carbons (Fsp3) is 0.875. The van der Waals surface area contributed by atoms with Gasteiger partial charge in [-0.1, -0.05) is 12.8 Å². The quantitative estimate of drug-likeness (QED) is 0.205. The summed E-state index contributed by atoms with van der Waals surface area (Å²) in [5.41, 5.74) is 0. The van der Waals surface area contributed by atoms with Crippen LogP contribution in [0.15, 0.2) is 0 Å². The van der Waals surface area contributed by atoms with E-state index in [1.54, 1.807) is 0 Å². The highest BCUT2D eigenvalue weighted by Gasteiger charge is 2.39. The molecule has 0 bridgehead atoms. The van der Waals surface area contributed by atoms with Crippen LogP contribution in [0.3, 0.4) is 0 Å². The monoisotopic (exact) mass is 566 g/mol. The minimum Gasteiger partial charge on any atom is -0.337 e. The molecule has 2 heterocycles. The largest absolute Gasteiger partial charge is 0.337 e. The van der Waals surface area contributed by atoms with Crippen LogP contribution in [0.25, 0.3) is 0 Å². The summed E-state index contributed by atoms with van der Waals surface area (Å²) in [7, 11) is -15.0. The molecule has 0 unspecified atom stereocenters. The molecule has 2 saturated heterocycles. The van der Waals surface area contributed by atoms with Gasteiger partial charge in [-0.25, -0.2) is 52.7 Å². The maximum atomic E-state index is 12.0. The second-order valence-electron chi connectivity index (χ2n) is 8.27. The molecular formula is C16H30N4O10S4. The summed E-state index contributed by atoms with van der Waals surface area (Å²) in [4.78, 5) is 23.5. The summed E-state index contributed by atoms with van der Waals surface area (Å²) in [6.45, 7) is 0.363. The third-order valence-electron chi connectivity index (χ3n) is 5.40. The normalized spacial score (nSPS) is 23.8. The number of rotatable bonds is 11. The Kier molecular flexibility index (Phi) is 9.57. The number of sulfone groups is 2. The minimum absolute atomic E-state index is 0.0502. The van der Waals surface area contributed by atoms with E-state index in [4.69, 9.17) is 0 Å². The van der Waals surface area contributed by atoms with Gasteiger partial charge in [-0.15, -0.1) is 0 Å². The zero-order valence-electron chi connectivity index (χ0n) is 18.4. The summed E-state index contributed by atoms with van der Waals surface area (Å²) in [5.74, 6) is -1.46. The van der Waals surface area contributed by atoms with Crippen molar-refractivity contribution in [2.45, 2.75) is 49.0 Å². The molecule has 14 nitrogen and oxygen atoms in total. The smallest absolute Gasteiger partial charge is 0.328 e. The Morgan fingerprint density at radius 2 is 1.00 bits per heavy atom. The predicted molar refractivity (Wildman–Crippen MR) is 123 cm³/mol. The fourth-order valence-electron chi connectivity index (χ4n) is 3.52. The molecule has 18 heteroatoms. The average molecular weight is 567 g/mol. The van der Waals surface area contributed by atoms with Crippen LogP contribution in [0.2, 0.25) is 0 Å². The number of carbonyl (C=O) groups excluding carboxylic acids is 2. The van der Waals surface area contributed by atoms with Crippen molar-refractivity contribution in [3.05, 3.63) is 0 Å². The lowest BCUT2D eigenvalue weighted by molar-refractivity contribution is 0.244. The van der Waals surface area contributed by atoms with Gasteiger partial charge in [0.25, 0.3) is 0 Å². The molecule has 0 saturated carbocycles. The van der Waals surface area contributed by atoms with Gasteiger partial charge in [0.05, 0.1) is 33.5 Å². The molecule has 0 aromatic heterocycles. The first kappa shape index (κ1) is 28.6. The van der Waals surface area contributed by atoms with E-state index in [2.05, 4.69) is 10.6 Å². The van der Waals surface area contributed by atoms with Crippen molar-refractivity contribution in [3.8, 4) is 0 Å².